The van der Waals surface area contributed by atoms with Crippen molar-refractivity contribution in [2.75, 3.05) is 5.32 Å². The number of anilines is 1. The number of carbonyl (C=O) groups excluding carboxylic acids is 1. The average Bonchev–Trinajstić information content (AvgIpc) is 2.65. The lowest BCUT2D eigenvalue weighted by atomic mass is 10.3. The maximum atomic E-state index is 11.3. The van der Waals surface area contributed by atoms with Crippen LogP contribution in [-0.2, 0) is 4.79 Å². The van der Waals surface area contributed by atoms with Crippen LogP contribution in [0.15, 0.2) is 24.7 Å². The molecule has 78 valence electrons. The zero-order valence-electron chi connectivity index (χ0n) is 8.47. The zero-order chi connectivity index (χ0) is 10.7. The third-order valence-electron chi connectivity index (χ3n) is 2.01. The second-order valence-corrected chi connectivity index (χ2v) is 3.27. The molecule has 2 aromatic heterocycles. The monoisotopic (exact) mass is 204 g/mol. The van der Waals surface area contributed by atoms with Gasteiger partial charge in [-0.15, -0.1) is 0 Å². The maximum Gasteiger partial charge on any atom is 0.224 e. The van der Waals surface area contributed by atoms with E-state index < -0.39 is 0 Å². The Morgan fingerprint density at radius 1 is 1.60 bits per heavy atom. The molecule has 2 heterocycles. The van der Waals surface area contributed by atoms with Crippen molar-refractivity contribution in [2.45, 2.75) is 19.8 Å². The van der Waals surface area contributed by atoms with Crippen LogP contribution in [0.25, 0.3) is 5.65 Å². The van der Waals surface area contributed by atoms with Crippen molar-refractivity contribution in [3.8, 4) is 0 Å². The van der Waals surface area contributed by atoms with Gasteiger partial charge in [0.2, 0.25) is 5.91 Å². The van der Waals surface area contributed by atoms with E-state index in [2.05, 4.69) is 15.4 Å². The third-order valence-corrected chi connectivity index (χ3v) is 2.01. The number of hydrogen-bond donors (Lipinski definition) is 1. The summed E-state index contributed by atoms with van der Waals surface area (Å²) in [6.07, 6.45) is 6.40. The molecule has 0 saturated heterocycles. The molecule has 2 rings (SSSR count). The molecule has 1 amide bonds. The second-order valence-electron chi connectivity index (χ2n) is 3.27. The first-order valence-electron chi connectivity index (χ1n) is 4.89. The summed E-state index contributed by atoms with van der Waals surface area (Å²) < 4.78 is 1.63. The van der Waals surface area contributed by atoms with E-state index in [0.717, 1.165) is 12.1 Å². The van der Waals surface area contributed by atoms with Crippen molar-refractivity contribution in [1.82, 2.24) is 14.6 Å². The summed E-state index contributed by atoms with van der Waals surface area (Å²) in [7, 11) is 0. The molecular formula is C10H12N4O. The maximum absolute atomic E-state index is 11.3. The van der Waals surface area contributed by atoms with E-state index >= 15 is 0 Å². The van der Waals surface area contributed by atoms with Crippen LogP contribution >= 0.6 is 0 Å². The Kier molecular flexibility index (Phi) is 2.62. The summed E-state index contributed by atoms with van der Waals surface area (Å²) in [5.41, 5.74) is 1.44. The second kappa shape index (κ2) is 4.08. The van der Waals surface area contributed by atoms with Crippen LogP contribution in [-0.4, -0.2) is 20.5 Å². The Morgan fingerprint density at radius 2 is 2.47 bits per heavy atom. The van der Waals surface area contributed by atoms with Gasteiger partial charge >= 0.3 is 0 Å². The van der Waals surface area contributed by atoms with E-state index in [-0.39, 0.29) is 5.91 Å². The molecule has 5 nitrogen and oxygen atoms in total. The quantitative estimate of drug-likeness (QED) is 0.823. The van der Waals surface area contributed by atoms with Crippen molar-refractivity contribution < 1.29 is 4.79 Å². The molecule has 1 N–H and O–H groups in total. The highest BCUT2D eigenvalue weighted by Crippen LogP contribution is 2.07. The van der Waals surface area contributed by atoms with Gasteiger partial charge in [-0.05, 0) is 6.42 Å². The fourth-order valence-corrected chi connectivity index (χ4v) is 1.32. The Balaban J connectivity index is 2.17. The van der Waals surface area contributed by atoms with E-state index in [1.807, 2.05) is 6.92 Å². The normalized spacial score (nSPS) is 10.5. The molecule has 0 aliphatic carbocycles. The summed E-state index contributed by atoms with van der Waals surface area (Å²) in [6, 6.07) is 1.80. The van der Waals surface area contributed by atoms with E-state index in [0.29, 0.717) is 12.1 Å². The number of rotatable bonds is 3. The lowest BCUT2D eigenvalue weighted by molar-refractivity contribution is -0.116. The van der Waals surface area contributed by atoms with Gasteiger partial charge in [-0.1, -0.05) is 6.92 Å². The van der Waals surface area contributed by atoms with Gasteiger partial charge in [0, 0.05) is 12.5 Å². The Labute approximate surface area is 87.1 Å². The van der Waals surface area contributed by atoms with Crippen molar-refractivity contribution in [1.29, 1.82) is 0 Å². The Morgan fingerprint density at radius 3 is 3.27 bits per heavy atom. The minimum Gasteiger partial charge on any atom is -0.323 e. The largest absolute Gasteiger partial charge is 0.323 e. The van der Waals surface area contributed by atoms with Gasteiger partial charge in [0.1, 0.15) is 0 Å². The standard InChI is InChI=1S/C10H12N4O/c1-2-3-10(15)13-8-6-11-9-4-5-12-14(9)7-8/h4-7H,2-3H2,1H3,(H,13,15). The topological polar surface area (TPSA) is 59.3 Å². The molecule has 0 aromatic carbocycles. The first-order chi connectivity index (χ1) is 7.29. The van der Waals surface area contributed by atoms with Gasteiger partial charge in [0.15, 0.2) is 5.65 Å². The van der Waals surface area contributed by atoms with Crippen LogP contribution in [0.5, 0.6) is 0 Å². The molecule has 0 spiro atoms. The average molecular weight is 204 g/mol. The van der Waals surface area contributed by atoms with Gasteiger partial charge in [0.25, 0.3) is 0 Å². The van der Waals surface area contributed by atoms with E-state index in [1.165, 1.54) is 0 Å². The van der Waals surface area contributed by atoms with Crippen LogP contribution in [0.4, 0.5) is 5.69 Å². The number of fused-ring (bicyclic) bond motifs is 1. The molecule has 5 heteroatoms. The van der Waals surface area contributed by atoms with E-state index in [1.54, 1.807) is 29.2 Å². The summed E-state index contributed by atoms with van der Waals surface area (Å²) in [5, 5.41) is 6.80. The predicted octanol–water partition coefficient (Wildman–Crippen LogP) is 1.47. The highest BCUT2D eigenvalue weighted by Gasteiger charge is 2.02. The molecule has 0 bridgehead atoms. The summed E-state index contributed by atoms with van der Waals surface area (Å²) >= 11 is 0. The predicted molar refractivity (Wildman–Crippen MR) is 56.5 cm³/mol. The van der Waals surface area contributed by atoms with Gasteiger partial charge in [-0.3, -0.25) is 4.79 Å². The van der Waals surface area contributed by atoms with Crippen molar-refractivity contribution in [3.05, 3.63) is 24.7 Å². The molecular weight excluding hydrogens is 192 g/mol. The highest BCUT2D eigenvalue weighted by atomic mass is 16.1. The molecule has 2 aromatic rings. The number of nitrogens with one attached hydrogen (secondary N) is 1. The smallest absolute Gasteiger partial charge is 0.224 e. The summed E-state index contributed by atoms with van der Waals surface area (Å²) in [5.74, 6) is 0.00538. The lowest BCUT2D eigenvalue weighted by Gasteiger charge is -2.03. The minimum atomic E-state index is 0.00538. The zero-order valence-corrected chi connectivity index (χ0v) is 8.47. The van der Waals surface area contributed by atoms with Crippen molar-refractivity contribution in [2.24, 2.45) is 0 Å². The molecule has 0 fully saturated rings. The molecule has 0 unspecified atom stereocenters. The third kappa shape index (κ3) is 2.12. The fraction of sp³-hybridized carbons (Fsp3) is 0.300. The molecule has 15 heavy (non-hydrogen) atoms. The lowest BCUT2D eigenvalue weighted by Crippen LogP contribution is -2.11. The molecule has 0 aliphatic rings. The molecule has 0 aliphatic heterocycles. The van der Waals surface area contributed by atoms with Gasteiger partial charge < -0.3 is 5.32 Å². The minimum absolute atomic E-state index is 0.00538. The van der Waals surface area contributed by atoms with Gasteiger partial charge in [-0.25, -0.2) is 9.50 Å². The first-order valence-corrected chi connectivity index (χ1v) is 4.89. The van der Waals surface area contributed by atoms with Crippen LogP contribution in [0.2, 0.25) is 0 Å². The Hall–Kier alpha value is -1.91. The highest BCUT2D eigenvalue weighted by molar-refractivity contribution is 5.90. The van der Waals surface area contributed by atoms with E-state index in [4.69, 9.17) is 0 Å². The molecule has 0 saturated carbocycles. The summed E-state index contributed by atoms with van der Waals surface area (Å²) in [4.78, 5) is 15.5. The van der Waals surface area contributed by atoms with E-state index in [9.17, 15) is 4.79 Å². The van der Waals surface area contributed by atoms with Crippen LogP contribution in [0, 0.1) is 0 Å². The number of amides is 1. The van der Waals surface area contributed by atoms with Crippen molar-refractivity contribution in [3.63, 3.8) is 0 Å². The molecule has 0 atom stereocenters. The Bertz CT molecular complexity index is 477. The van der Waals surface area contributed by atoms with Gasteiger partial charge in [-0.2, -0.15) is 5.10 Å². The van der Waals surface area contributed by atoms with Crippen molar-refractivity contribution >= 4 is 17.2 Å². The van der Waals surface area contributed by atoms with Crippen LogP contribution in [0.3, 0.4) is 0 Å². The number of aromatic nitrogens is 3. The number of nitrogens with zero attached hydrogens (tertiary/aromatic N) is 3. The van der Waals surface area contributed by atoms with Crippen LogP contribution < -0.4 is 5.32 Å². The first kappa shape index (κ1) is 9.64. The van der Waals surface area contributed by atoms with Gasteiger partial charge in [0.05, 0.1) is 24.3 Å². The molecule has 0 radical (unpaired) electrons. The fourth-order valence-electron chi connectivity index (χ4n) is 1.32. The number of hydrogen-bond acceptors (Lipinski definition) is 3. The van der Waals surface area contributed by atoms with Crippen LogP contribution in [0.1, 0.15) is 19.8 Å². The number of carbonyl (C=O) groups is 1. The SMILES string of the molecule is CCCC(=O)Nc1cnc2ccnn2c1. The summed E-state index contributed by atoms with van der Waals surface area (Å²) in [6.45, 7) is 1.97.